The first kappa shape index (κ1) is 14.9. The maximum absolute atomic E-state index is 5.95. The number of para-hydroxylation sites is 1. The molecule has 3 rings (SSSR count). The van der Waals surface area contributed by atoms with Crippen LogP contribution in [0.2, 0.25) is 0 Å². The average Bonchev–Trinajstić information content (AvgIpc) is 2.75. The molecule has 0 amide bonds. The Kier molecular flexibility index (Phi) is 5.18. The maximum atomic E-state index is 5.95. The summed E-state index contributed by atoms with van der Waals surface area (Å²) < 4.78 is 5.95. The van der Waals surface area contributed by atoms with Crippen LogP contribution in [0.15, 0.2) is 24.3 Å². The van der Waals surface area contributed by atoms with Gasteiger partial charge in [0.15, 0.2) is 0 Å². The Balaban J connectivity index is 1.78. The van der Waals surface area contributed by atoms with Crippen molar-refractivity contribution in [2.45, 2.75) is 63.8 Å². The van der Waals surface area contributed by atoms with E-state index in [1.165, 1.54) is 50.5 Å². The molecule has 1 saturated carbocycles. The second kappa shape index (κ2) is 7.31. The SMILES string of the molecule is CCCNC(C1CCCCCC1)C1COc2ccccc21. The summed E-state index contributed by atoms with van der Waals surface area (Å²) in [4.78, 5) is 0. The van der Waals surface area contributed by atoms with Gasteiger partial charge >= 0.3 is 0 Å². The van der Waals surface area contributed by atoms with Crippen molar-refractivity contribution in [2.75, 3.05) is 13.2 Å². The number of fused-ring (bicyclic) bond motifs is 1. The van der Waals surface area contributed by atoms with E-state index >= 15 is 0 Å². The highest BCUT2D eigenvalue weighted by molar-refractivity contribution is 5.40. The molecule has 0 radical (unpaired) electrons. The lowest BCUT2D eigenvalue weighted by Crippen LogP contribution is -2.42. The van der Waals surface area contributed by atoms with Gasteiger partial charge in [0.05, 0.1) is 6.61 Å². The molecule has 0 spiro atoms. The van der Waals surface area contributed by atoms with E-state index < -0.39 is 0 Å². The lowest BCUT2D eigenvalue weighted by atomic mass is 9.81. The fourth-order valence-electron chi connectivity index (χ4n) is 4.10. The minimum Gasteiger partial charge on any atom is -0.493 e. The molecule has 1 aliphatic heterocycles. The van der Waals surface area contributed by atoms with Crippen LogP contribution in [0.5, 0.6) is 5.75 Å². The molecule has 1 aliphatic carbocycles. The van der Waals surface area contributed by atoms with E-state index in [9.17, 15) is 0 Å². The summed E-state index contributed by atoms with van der Waals surface area (Å²) >= 11 is 0. The first-order valence-corrected chi connectivity index (χ1v) is 8.85. The van der Waals surface area contributed by atoms with Gasteiger partial charge in [-0.2, -0.15) is 0 Å². The Morgan fingerprint density at radius 2 is 1.90 bits per heavy atom. The van der Waals surface area contributed by atoms with Gasteiger partial charge in [0.25, 0.3) is 0 Å². The molecule has 1 aromatic carbocycles. The van der Waals surface area contributed by atoms with Gasteiger partial charge in [-0.3, -0.25) is 0 Å². The van der Waals surface area contributed by atoms with Crippen LogP contribution in [0.25, 0.3) is 0 Å². The molecule has 2 atom stereocenters. The second-order valence-electron chi connectivity index (χ2n) is 6.69. The fourth-order valence-corrected chi connectivity index (χ4v) is 4.10. The van der Waals surface area contributed by atoms with Gasteiger partial charge in [0, 0.05) is 17.5 Å². The Morgan fingerprint density at radius 3 is 2.67 bits per heavy atom. The number of hydrogen-bond acceptors (Lipinski definition) is 2. The summed E-state index contributed by atoms with van der Waals surface area (Å²) in [5.74, 6) is 2.47. The van der Waals surface area contributed by atoms with Crippen molar-refractivity contribution in [3.8, 4) is 5.75 Å². The first-order valence-electron chi connectivity index (χ1n) is 8.85. The molecule has 21 heavy (non-hydrogen) atoms. The molecule has 116 valence electrons. The summed E-state index contributed by atoms with van der Waals surface area (Å²) in [6.07, 6.45) is 9.65. The molecule has 1 fully saturated rings. The summed E-state index contributed by atoms with van der Waals surface area (Å²) in [5, 5.41) is 3.87. The van der Waals surface area contributed by atoms with Crippen LogP contribution >= 0.6 is 0 Å². The zero-order valence-corrected chi connectivity index (χ0v) is 13.3. The van der Waals surface area contributed by atoms with Crippen molar-refractivity contribution < 1.29 is 4.74 Å². The van der Waals surface area contributed by atoms with E-state index in [2.05, 4.69) is 36.5 Å². The lowest BCUT2D eigenvalue weighted by molar-refractivity contribution is 0.237. The minimum absolute atomic E-state index is 0.538. The van der Waals surface area contributed by atoms with Crippen LogP contribution in [-0.2, 0) is 0 Å². The molecule has 0 saturated heterocycles. The highest BCUT2D eigenvalue weighted by Crippen LogP contribution is 2.40. The number of ether oxygens (including phenoxy) is 1. The summed E-state index contributed by atoms with van der Waals surface area (Å²) in [6, 6.07) is 9.22. The molecular formula is C19H29NO. The van der Waals surface area contributed by atoms with Crippen LogP contribution in [-0.4, -0.2) is 19.2 Å². The van der Waals surface area contributed by atoms with Gasteiger partial charge in [0.2, 0.25) is 0 Å². The predicted octanol–water partition coefficient (Wildman–Crippen LogP) is 4.50. The van der Waals surface area contributed by atoms with Crippen molar-refractivity contribution in [1.29, 1.82) is 0 Å². The normalized spacial score (nSPS) is 24.1. The number of rotatable bonds is 5. The topological polar surface area (TPSA) is 21.3 Å². The molecule has 2 aliphatic rings. The van der Waals surface area contributed by atoms with Crippen molar-refractivity contribution in [1.82, 2.24) is 5.32 Å². The minimum atomic E-state index is 0.538. The van der Waals surface area contributed by atoms with E-state index in [1.54, 1.807) is 0 Å². The molecular weight excluding hydrogens is 258 g/mol. The monoisotopic (exact) mass is 287 g/mol. The van der Waals surface area contributed by atoms with Gasteiger partial charge in [-0.05, 0) is 37.8 Å². The molecule has 2 unspecified atom stereocenters. The highest BCUT2D eigenvalue weighted by atomic mass is 16.5. The van der Waals surface area contributed by atoms with Crippen molar-refractivity contribution in [3.05, 3.63) is 29.8 Å². The van der Waals surface area contributed by atoms with Crippen molar-refractivity contribution in [3.63, 3.8) is 0 Å². The molecule has 0 bridgehead atoms. The van der Waals surface area contributed by atoms with Crippen LogP contribution < -0.4 is 10.1 Å². The van der Waals surface area contributed by atoms with Crippen LogP contribution in [0.4, 0.5) is 0 Å². The number of hydrogen-bond donors (Lipinski definition) is 1. The third-order valence-corrected chi connectivity index (χ3v) is 5.21. The third kappa shape index (κ3) is 3.42. The largest absolute Gasteiger partial charge is 0.493 e. The number of benzene rings is 1. The van der Waals surface area contributed by atoms with E-state index in [1.807, 2.05) is 0 Å². The third-order valence-electron chi connectivity index (χ3n) is 5.21. The van der Waals surface area contributed by atoms with Gasteiger partial charge in [-0.15, -0.1) is 0 Å². The fraction of sp³-hybridized carbons (Fsp3) is 0.684. The quantitative estimate of drug-likeness (QED) is 0.805. The van der Waals surface area contributed by atoms with Crippen molar-refractivity contribution in [2.24, 2.45) is 5.92 Å². The second-order valence-corrected chi connectivity index (χ2v) is 6.69. The van der Waals surface area contributed by atoms with Gasteiger partial charge in [0.1, 0.15) is 5.75 Å². The lowest BCUT2D eigenvalue weighted by Gasteiger charge is -2.32. The molecule has 1 heterocycles. The van der Waals surface area contributed by atoms with Crippen LogP contribution in [0.3, 0.4) is 0 Å². The van der Waals surface area contributed by atoms with E-state index in [0.29, 0.717) is 12.0 Å². The van der Waals surface area contributed by atoms with Crippen LogP contribution in [0.1, 0.15) is 63.4 Å². The summed E-state index contributed by atoms with van der Waals surface area (Å²) in [7, 11) is 0. The van der Waals surface area contributed by atoms with Crippen molar-refractivity contribution >= 4 is 0 Å². The van der Waals surface area contributed by atoms with E-state index in [0.717, 1.165) is 24.8 Å². The van der Waals surface area contributed by atoms with E-state index in [-0.39, 0.29) is 0 Å². The van der Waals surface area contributed by atoms with Gasteiger partial charge in [-0.1, -0.05) is 50.8 Å². The molecule has 1 N–H and O–H groups in total. The molecule has 1 aromatic rings. The van der Waals surface area contributed by atoms with Gasteiger partial charge < -0.3 is 10.1 Å². The standard InChI is InChI=1S/C19H29NO/c1-2-13-20-19(15-9-5-3-4-6-10-15)17-14-21-18-12-8-7-11-16(17)18/h7-8,11-12,15,17,19-20H,2-6,9-10,13-14H2,1H3. The summed E-state index contributed by atoms with van der Waals surface area (Å²) in [6.45, 7) is 4.24. The van der Waals surface area contributed by atoms with Crippen LogP contribution in [0, 0.1) is 5.92 Å². The zero-order valence-electron chi connectivity index (χ0n) is 13.3. The maximum Gasteiger partial charge on any atom is 0.122 e. The predicted molar refractivity (Wildman–Crippen MR) is 88.0 cm³/mol. The Labute approximate surface area is 129 Å². The molecule has 2 heteroatoms. The first-order chi connectivity index (χ1) is 10.4. The molecule has 2 nitrogen and oxygen atoms in total. The average molecular weight is 287 g/mol. The van der Waals surface area contributed by atoms with E-state index in [4.69, 9.17) is 4.74 Å². The Morgan fingerprint density at radius 1 is 1.14 bits per heavy atom. The molecule has 0 aromatic heterocycles. The summed E-state index contributed by atoms with van der Waals surface area (Å²) in [5.41, 5.74) is 1.43. The smallest absolute Gasteiger partial charge is 0.122 e. The Bertz CT molecular complexity index is 437. The number of nitrogens with one attached hydrogen (secondary N) is 1. The zero-order chi connectivity index (χ0) is 14.5. The highest BCUT2D eigenvalue weighted by Gasteiger charge is 2.35. The Hall–Kier alpha value is -1.02. The van der Waals surface area contributed by atoms with Gasteiger partial charge in [-0.25, -0.2) is 0 Å².